The van der Waals surface area contributed by atoms with E-state index in [1.54, 1.807) is 0 Å². The van der Waals surface area contributed by atoms with Crippen molar-refractivity contribution in [1.29, 1.82) is 0 Å². The van der Waals surface area contributed by atoms with Crippen LogP contribution in [0.4, 0.5) is 0 Å². The van der Waals surface area contributed by atoms with Crippen LogP contribution in [0.1, 0.15) is 62.1 Å². The molecule has 1 aromatic carbocycles. The lowest BCUT2D eigenvalue weighted by molar-refractivity contribution is -0.147. The van der Waals surface area contributed by atoms with E-state index in [4.69, 9.17) is 15.8 Å². The topological polar surface area (TPSA) is 107 Å². The van der Waals surface area contributed by atoms with Crippen LogP contribution < -0.4 is 5.73 Å². The molecule has 1 aliphatic heterocycles. The van der Waals surface area contributed by atoms with E-state index < -0.39 is 18.6 Å². The third-order valence-corrected chi connectivity index (χ3v) is 6.74. The van der Waals surface area contributed by atoms with Crippen molar-refractivity contribution in [1.82, 2.24) is 4.90 Å². The SMILES string of the molecule is N[C@](CCCCB(O)O)(C(=O)O)C1CCN(C2CCCc3ccccc32)CC1. The van der Waals surface area contributed by atoms with Crippen LogP contribution in [0.3, 0.4) is 0 Å². The smallest absolute Gasteiger partial charge is 0.451 e. The summed E-state index contributed by atoms with van der Waals surface area (Å²) in [6.45, 7) is 1.76. The average molecular weight is 388 g/mol. The van der Waals surface area contributed by atoms with Crippen LogP contribution in [-0.2, 0) is 11.2 Å². The van der Waals surface area contributed by atoms with Gasteiger partial charge in [0.15, 0.2) is 0 Å². The Labute approximate surface area is 167 Å². The van der Waals surface area contributed by atoms with E-state index in [1.807, 2.05) is 0 Å². The number of nitrogens with zero attached hydrogens (tertiary/aromatic N) is 1. The highest BCUT2D eigenvalue weighted by Crippen LogP contribution is 2.38. The minimum absolute atomic E-state index is 0.0425. The molecular formula is C21H33BN2O4. The molecule has 6 nitrogen and oxygen atoms in total. The molecule has 0 radical (unpaired) electrons. The van der Waals surface area contributed by atoms with Gasteiger partial charge in [-0.1, -0.05) is 37.1 Å². The first kappa shape index (κ1) is 21.3. The summed E-state index contributed by atoms with van der Waals surface area (Å²) in [5.74, 6) is -0.974. The van der Waals surface area contributed by atoms with Gasteiger partial charge in [-0.05, 0) is 75.0 Å². The highest BCUT2D eigenvalue weighted by Gasteiger charge is 2.43. The van der Waals surface area contributed by atoms with Gasteiger partial charge >= 0.3 is 13.1 Å². The number of carboxylic acids is 1. The van der Waals surface area contributed by atoms with Gasteiger partial charge in [-0.25, -0.2) is 0 Å². The molecule has 1 fully saturated rings. The molecule has 28 heavy (non-hydrogen) atoms. The molecule has 1 heterocycles. The Balaban J connectivity index is 1.59. The number of hydrogen-bond acceptors (Lipinski definition) is 5. The van der Waals surface area contributed by atoms with Crippen LogP contribution in [0.25, 0.3) is 0 Å². The molecular weight excluding hydrogens is 355 g/mol. The maximum absolute atomic E-state index is 12.0. The number of aliphatic carboxylic acids is 1. The lowest BCUT2D eigenvalue weighted by Crippen LogP contribution is -2.57. The summed E-state index contributed by atoms with van der Waals surface area (Å²) in [5, 5.41) is 27.7. The second kappa shape index (κ2) is 9.40. The minimum Gasteiger partial charge on any atom is -0.480 e. The van der Waals surface area contributed by atoms with E-state index in [1.165, 1.54) is 17.5 Å². The summed E-state index contributed by atoms with van der Waals surface area (Å²) in [6.07, 6.45) is 6.91. The first-order valence-corrected chi connectivity index (χ1v) is 10.6. The van der Waals surface area contributed by atoms with Crippen molar-refractivity contribution in [3.05, 3.63) is 35.4 Å². The van der Waals surface area contributed by atoms with Crippen molar-refractivity contribution in [2.45, 2.75) is 69.3 Å². The first-order valence-electron chi connectivity index (χ1n) is 10.6. The predicted octanol–water partition coefficient (Wildman–Crippen LogP) is 2.20. The van der Waals surface area contributed by atoms with Crippen molar-refractivity contribution >= 4 is 13.1 Å². The summed E-state index contributed by atoms with van der Waals surface area (Å²) in [7, 11) is -1.33. The third-order valence-electron chi connectivity index (χ3n) is 6.74. The molecule has 154 valence electrons. The zero-order valence-electron chi connectivity index (χ0n) is 16.6. The van der Waals surface area contributed by atoms with E-state index in [0.29, 0.717) is 25.3 Å². The number of benzene rings is 1. The minimum atomic E-state index is -1.33. The Hall–Kier alpha value is -1.41. The van der Waals surface area contributed by atoms with E-state index in [-0.39, 0.29) is 12.2 Å². The summed E-state index contributed by atoms with van der Waals surface area (Å²) >= 11 is 0. The van der Waals surface area contributed by atoms with Crippen LogP contribution >= 0.6 is 0 Å². The zero-order valence-corrected chi connectivity index (χ0v) is 16.6. The summed E-state index contributed by atoms with van der Waals surface area (Å²) in [4.78, 5) is 14.5. The number of likely N-dealkylation sites (tertiary alicyclic amines) is 1. The molecule has 1 saturated heterocycles. The standard InChI is InChI=1S/C21H33BN2O4/c23-21(20(25)26,12-3-4-13-22(27)28)17-10-14-24(15-11-17)19-9-5-7-16-6-1-2-8-18(16)19/h1-2,6,8,17,19,27-28H,3-5,7,9-15,23H2,(H,25,26)/t19?,21-/m0/s1. The number of piperidine rings is 1. The summed E-state index contributed by atoms with van der Waals surface area (Å²) in [5.41, 5.74) is 8.05. The van der Waals surface area contributed by atoms with Gasteiger partial charge in [0.1, 0.15) is 5.54 Å². The summed E-state index contributed by atoms with van der Waals surface area (Å²) in [6, 6.07) is 9.13. The highest BCUT2D eigenvalue weighted by molar-refractivity contribution is 6.40. The maximum atomic E-state index is 12.0. The number of nitrogens with two attached hydrogens (primary N) is 1. The molecule has 7 heteroatoms. The fraction of sp³-hybridized carbons (Fsp3) is 0.667. The van der Waals surface area contributed by atoms with Gasteiger partial charge in [-0.2, -0.15) is 0 Å². The molecule has 5 N–H and O–H groups in total. The normalized spacial score (nSPS) is 23.0. The summed E-state index contributed by atoms with van der Waals surface area (Å²) < 4.78 is 0. The van der Waals surface area contributed by atoms with Crippen LogP contribution in [0.5, 0.6) is 0 Å². The Morgan fingerprint density at radius 1 is 1.18 bits per heavy atom. The molecule has 2 aliphatic rings. The molecule has 3 rings (SSSR count). The average Bonchev–Trinajstić information content (AvgIpc) is 2.70. The quantitative estimate of drug-likeness (QED) is 0.402. The van der Waals surface area contributed by atoms with Gasteiger partial charge in [-0.15, -0.1) is 0 Å². The number of rotatable bonds is 8. The van der Waals surface area contributed by atoms with E-state index in [2.05, 4.69) is 29.2 Å². The van der Waals surface area contributed by atoms with E-state index in [9.17, 15) is 9.90 Å². The Morgan fingerprint density at radius 2 is 1.89 bits per heavy atom. The molecule has 0 bridgehead atoms. The molecule has 0 amide bonds. The lowest BCUT2D eigenvalue weighted by atomic mass is 9.73. The fourth-order valence-corrected chi connectivity index (χ4v) is 5.06. The monoisotopic (exact) mass is 388 g/mol. The lowest BCUT2D eigenvalue weighted by Gasteiger charge is -2.44. The predicted molar refractivity (Wildman–Crippen MR) is 110 cm³/mol. The van der Waals surface area contributed by atoms with Crippen LogP contribution in [-0.4, -0.2) is 51.8 Å². The largest absolute Gasteiger partial charge is 0.480 e. The Kier molecular flexibility index (Phi) is 7.15. The van der Waals surface area contributed by atoms with Gasteiger partial charge in [0, 0.05) is 6.04 Å². The second-order valence-electron chi connectivity index (χ2n) is 8.49. The van der Waals surface area contributed by atoms with Crippen molar-refractivity contribution in [3.63, 3.8) is 0 Å². The number of hydrogen-bond donors (Lipinski definition) is 4. The van der Waals surface area contributed by atoms with Crippen LogP contribution in [0, 0.1) is 5.92 Å². The molecule has 1 aliphatic carbocycles. The van der Waals surface area contributed by atoms with Crippen molar-refractivity contribution in [2.24, 2.45) is 11.7 Å². The Morgan fingerprint density at radius 3 is 2.57 bits per heavy atom. The number of carbonyl (C=O) groups is 1. The number of fused-ring (bicyclic) bond motifs is 1. The number of carboxylic acid groups (broad SMARTS) is 1. The van der Waals surface area contributed by atoms with Gasteiger partial charge in [-0.3, -0.25) is 9.69 Å². The van der Waals surface area contributed by atoms with Crippen LogP contribution in [0.2, 0.25) is 6.32 Å². The second-order valence-corrected chi connectivity index (χ2v) is 8.49. The van der Waals surface area contributed by atoms with Gasteiger partial charge in [0.25, 0.3) is 0 Å². The molecule has 2 atom stereocenters. The first-order chi connectivity index (χ1) is 13.4. The molecule has 1 aromatic rings. The van der Waals surface area contributed by atoms with E-state index in [0.717, 1.165) is 38.8 Å². The van der Waals surface area contributed by atoms with Gasteiger partial charge in [0.05, 0.1) is 0 Å². The number of aryl methyl sites for hydroxylation is 1. The van der Waals surface area contributed by atoms with Gasteiger partial charge in [0.2, 0.25) is 0 Å². The number of unbranched alkanes of at least 4 members (excludes halogenated alkanes) is 1. The fourth-order valence-electron chi connectivity index (χ4n) is 5.06. The van der Waals surface area contributed by atoms with Crippen molar-refractivity contribution < 1.29 is 19.9 Å². The molecule has 0 spiro atoms. The van der Waals surface area contributed by atoms with Crippen molar-refractivity contribution in [2.75, 3.05) is 13.1 Å². The molecule has 1 unspecified atom stereocenters. The van der Waals surface area contributed by atoms with Crippen LogP contribution in [0.15, 0.2) is 24.3 Å². The highest BCUT2D eigenvalue weighted by atomic mass is 16.4. The molecule has 0 saturated carbocycles. The maximum Gasteiger partial charge on any atom is 0.451 e. The molecule has 0 aromatic heterocycles. The van der Waals surface area contributed by atoms with E-state index >= 15 is 0 Å². The Bertz CT molecular complexity index is 664. The van der Waals surface area contributed by atoms with Crippen molar-refractivity contribution in [3.8, 4) is 0 Å². The zero-order chi connectivity index (χ0) is 20.1. The van der Waals surface area contributed by atoms with Gasteiger partial charge < -0.3 is 20.9 Å². The third kappa shape index (κ3) is 4.77.